The summed E-state index contributed by atoms with van der Waals surface area (Å²) in [4.78, 5) is 8.89. The number of fused-ring (bicyclic) bond motifs is 1. The molecule has 0 N–H and O–H groups in total. The number of hydrogen-bond acceptors (Lipinski definition) is 3. The highest BCUT2D eigenvalue weighted by atomic mass is 35.5. The van der Waals surface area contributed by atoms with Crippen molar-refractivity contribution in [2.24, 2.45) is 5.92 Å². The Kier molecular flexibility index (Phi) is 4.04. The van der Waals surface area contributed by atoms with Crippen molar-refractivity contribution in [2.45, 2.75) is 25.2 Å². The Labute approximate surface area is 157 Å². The van der Waals surface area contributed by atoms with E-state index >= 15 is 0 Å². The van der Waals surface area contributed by atoms with Crippen molar-refractivity contribution in [1.29, 1.82) is 0 Å². The SMILES string of the molecule is Clc1ccc2nc(-c3cccs3)c(C3CC(CN4CCC4)C3)cc2c1. The van der Waals surface area contributed by atoms with Crippen molar-refractivity contribution >= 4 is 33.8 Å². The van der Waals surface area contributed by atoms with Crippen LogP contribution in [0.5, 0.6) is 0 Å². The van der Waals surface area contributed by atoms with Gasteiger partial charge in [0.05, 0.1) is 16.1 Å². The van der Waals surface area contributed by atoms with Gasteiger partial charge in [0, 0.05) is 17.0 Å². The zero-order valence-corrected chi connectivity index (χ0v) is 15.7. The Bertz CT molecular complexity index is 896. The number of halogens is 1. The van der Waals surface area contributed by atoms with E-state index in [1.165, 1.54) is 55.0 Å². The van der Waals surface area contributed by atoms with Crippen LogP contribution in [0.2, 0.25) is 5.02 Å². The van der Waals surface area contributed by atoms with Gasteiger partial charge in [-0.25, -0.2) is 4.98 Å². The molecule has 0 atom stereocenters. The van der Waals surface area contributed by atoms with Gasteiger partial charge in [-0.05, 0) is 85.5 Å². The monoisotopic (exact) mass is 368 g/mol. The molecule has 0 amide bonds. The number of aromatic nitrogens is 1. The van der Waals surface area contributed by atoms with Gasteiger partial charge in [0.25, 0.3) is 0 Å². The lowest BCUT2D eigenvalue weighted by molar-refractivity contribution is 0.109. The second kappa shape index (κ2) is 6.39. The third-order valence-electron chi connectivity index (χ3n) is 5.70. The molecule has 5 rings (SSSR count). The number of benzene rings is 1. The van der Waals surface area contributed by atoms with Gasteiger partial charge in [-0.15, -0.1) is 11.3 Å². The van der Waals surface area contributed by atoms with Gasteiger partial charge in [-0.2, -0.15) is 0 Å². The first kappa shape index (κ1) is 15.8. The Balaban J connectivity index is 1.48. The van der Waals surface area contributed by atoms with Crippen molar-refractivity contribution in [1.82, 2.24) is 9.88 Å². The second-order valence-electron chi connectivity index (χ2n) is 7.43. The van der Waals surface area contributed by atoms with E-state index in [2.05, 4.69) is 28.5 Å². The van der Waals surface area contributed by atoms with Crippen LogP contribution in [0, 0.1) is 5.92 Å². The fraction of sp³-hybridized carbons (Fsp3) is 0.381. The molecular weight excluding hydrogens is 348 g/mol. The summed E-state index contributed by atoms with van der Waals surface area (Å²) in [5, 5.41) is 4.09. The standard InChI is InChI=1S/C21H21ClN2S/c22-17-4-5-19-16(11-17)12-18(21(23-19)20-3-1-8-25-20)15-9-14(10-15)13-24-6-2-7-24/h1,3-5,8,11-12,14-15H,2,6-7,9-10,13H2. The molecule has 2 fully saturated rings. The molecule has 2 aromatic heterocycles. The molecule has 0 spiro atoms. The van der Waals surface area contributed by atoms with Crippen LogP contribution >= 0.6 is 22.9 Å². The van der Waals surface area contributed by atoms with Gasteiger partial charge in [-0.1, -0.05) is 17.7 Å². The minimum atomic E-state index is 0.638. The normalized spacial score (nSPS) is 23.4. The quantitative estimate of drug-likeness (QED) is 0.577. The summed E-state index contributed by atoms with van der Waals surface area (Å²) in [6.45, 7) is 3.90. The van der Waals surface area contributed by atoms with Crippen LogP contribution in [0.25, 0.3) is 21.5 Å². The molecule has 1 aliphatic heterocycles. The molecule has 0 unspecified atom stereocenters. The number of rotatable bonds is 4. The van der Waals surface area contributed by atoms with Crippen molar-refractivity contribution in [3.63, 3.8) is 0 Å². The number of likely N-dealkylation sites (tertiary alicyclic amines) is 1. The number of pyridine rings is 1. The van der Waals surface area contributed by atoms with Crippen LogP contribution in [-0.2, 0) is 0 Å². The Morgan fingerprint density at radius 1 is 1.16 bits per heavy atom. The Morgan fingerprint density at radius 2 is 2.04 bits per heavy atom. The zero-order valence-electron chi connectivity index (χ0n) is 14.1. The summed E-state index contributed by atoms with van der Waals surface area (Å²) in [6, 6.07) is 12.7. The van der Waals surface area contributed by atoms with E-state index < -0.39 is 0 Å². The molecule has 3 aromatic rings. The van der Waals surface area contributed by atoms with Crippen molar-refractivity contribution < 1.29 is 0 Å². The maximum absolute atomic E-state index is 6.21. The van der Waals surface area contributed by atoms with Crippen LogP contribution in [0.4, 0.5) is 0 Å². The predicted octanol–water partition coefficient (Wildman–Crippen LogP) is 5.82. The minimum Gasteiger partial charge on any atom is -0.303 e. The average Bonchev–Trinajstić information content (AvgIpc) is 3.05. The molecule has 2 nitrogen and oxygen atoms in total. The molecular formula is C21H21ClN2S. The van der Waals surface area contributed by atoms with E-state index in [4.69, 9.17) is 16.6 Å². The lowest BCUT2D eigenvalue weighted by Gasteiger charge is -2.42. The number of nitrogens with zero attached hydrogens (tertiary/aromatic N) is 2. The van der Waals surface area contributed by atoms with Gasteiger partial charge >= 0.3 is 0 Å². The maximum atomic E-state index is 6.21. The molecule has 0 radical (unpaired) electrons. The molecule has 0 bridgehead atoms. The van der Waals surface area contributed by atoms with E-state index in [9.17, 15) is 0 Å². The van der Waals surface area contributed by atoms with Gasteiger partial charge < -0.3 is 4.90 Å². The van der Waals surface area contributed by atoms with E-state index in [0.29, 0.717) is 5.92 Å². The lowest BCUT2D eigenvalue weighted by Crippen LogP contribution is -2.43. The van der Waals surface area contributed by atoms with E-state index in [1.807, 2.05) is 18.2 Å². The zero-order chi connectivity index (χ0) is 16.8. The minimum absolute atomic E-state index is 0.638. The highest BCUT2D eigenvalue weighted by Gasteiger charge is 2.34. The molecule has 2 aliphatic rings. The van der Waals surface area contributed by atoms with Gasteiger partial charge in [-0.3, -0.25) is 0 Å². The fourth-order valence-corrected chi connectivity index (χ4v) is 5.07. The second-order valence-corrected chi connectivity index (χ2v) is 8.81. The van der Waals surface area contributed by atoms with Crippen molar-refractivity contribution in [3.8, 4) is 10.6 Å². The molecule has 128 valence electrons. The Morgan fingerprint density at radius 3 is 2.76 bits per heavy atom. The van der Waals surface area contributed by atoms with E-state index in [1.54, 1.807) is 11.3 Å². The van der Waals surface area contributed by atoms with Gasteiger partial charge in [0.1, 0.15) is 0 Å². The van der Waals surface area contributed by atoms with Crippen LogP contribution in [0.3, 0.4) is 0 Å². The number of thiophene rings is 1. The first-order chi connectivity index (χ1) is 12.3. The molecule has 25 heavy (non-hydrogen) atoms. The van der Waals surface area contributed by atoms with Crippen LogP contribution in [0.1, 0.15) is 30.7 Å². The topological polar surface area (TPSA) is 16.1 Å². The summed E-state index contributed by atoms with van der Waals surface area (Å²) in [5.74, 6) is 1.50. The summed E-state index contributed by atoms with van der Waals surface area (Å²) in [6.07, 6.45) is 3.97. The lowest BCUT2D eigenvalue weighted by atomic mass is 9.70. The average molecular weight is 369 g/mol. The molecule has 3 heterocycles. The smallest absolute Gasteiger partial charge is 0.0844 e. The summed E-state index contributed by atoms with van der Waals surface area (Å²) >= 11 is 7.99. The summed E-state index contributed by atoms with van der Waals surface area (Å²) in [7, 11) is 0. The van der Waals surface area contributed by atoms with Crippen molar-refractivity contribution in [2.75, 3.05) is 19.6 Å². The van der Waals surface area contributed by atoms with Gasteiger partial charge in [0.2, 0.25) is 0 Å². The molecule has 1 aromatic carbocycles. The Hall–Kier alpha value is -1.42. The number of hydrogen-bond donors (Lipinski definition) is 0. The third kappa shape index (κ3) is 2.99. The largest absolute Gasteiger partial charge is 0.303 e. The molecule has 1 aliphatic carbocycles. The van der Waals surface area contributed by atoms with E-state index in [-0.39, 0.29) is 0 Å². The third-order valence-corrected chi connectivity index (χ3v) is 6.81. The first-order valence-electron chi connectivity index (χ1n) is 9.13. The first-order valence-corrected chi connectivity index (χ1v) is 10.4. The maximum Gasteiger partial charge on any atom is 0.0844 e. The summed E-state index contributed by atoms with van der Waals surface area (Å²) in [5.41, 5.74) is 3.63. The molecule has 4 heteroatoms. The van der Waals surface area contributed by atoms with Gasteiger partial charge in [0.15, 0.2) is 0 Å². The van der Waals surface area contributed by atoms with Crippen LogP contribution < -0.4 is 0 Å². The van der Waals surface area contributed by atoms with Crippen LogP contribution in [-0.4, -0.2) is 29.5 Å². The molecule has 1 saturated carbocycles. The van der Waals surface area contributed by atoms with Crippen LogP contribution in [0.15, 0.2) is 41.8 Å². The highest BCUT2D eigenvalue weighted by Crippen LogP contribution is 2.46. The molecule has 1 saturated heterocycles. The predicted molar refractivity (Wildman–Crippen MR) is 107 cm³/mol. The van der Waals surface area contributed by atoms with Crippen molar-refractivity contribution in [3.05, 3.63) is 52.4 Å². The summed E-state index contributed by atoms with van der Waals surface area (Å²) < 4.78 is 0. The fourth-order valence-electron chi connectivity index (χ4n) is 4.15. The van der Waals surface area contributed by atoms with E-state index in [0.717, 1.165) is 21.8 Å². The highest BCUT2D eigenvalue weighted by molar-refractivity contribution is 7.13.